The van der Waals surface area contributed by atoms with Crippen LogP contribution in [0.2, 0.25) is 0 Å². The molecule has 1 aliphatic rings. The van der Waals surface area contributed by atoms with E-state index in [2.05, 4.69) is 33.0 Å². The van der Waals surface area contributed by atoms with Gasteiger partial charge in [0.25, 0.3) is 0 Å². The summed E-state index contributed by atoms with van der Waals surface area (Å²) in [6, 6.07) is 0. The fourth-order valence-electron chi connectivity index (χ4n) is 3.54. The van der Waals surface area contributed by atoms with Crippen LogP contribution in [0, 0.1) is 23.7 Å². The third-order valence-corrected chi connectivity index (χ3v) is 4.62. The van der Waals surface area contributed by atoms with Gasteiger partial charge in [-0.05, 0) is 49.6 Å². The summed E-state index contributed by atoms with van der Waals surface area (Å²) in [6.45, 7) is 11.8. The van der Waals surface area contributed by atoms with Crippen molar-refractivity contribution < 1.29 is 0 Å². The lowest BCUT2D eigenvalue weighted by Gasteiger charge is -2.39. The number of hydrogen-bond acceptors (Lipinski definition) is 1. The molecule has 0 heterocycles. The van der Waals surface area contributed by atoms with Gasteiger partial charge in [0.15, 0.2) is 0 Å². The monoisotopic (exact) mass is 225 g/mol. The Morgan fingerprint density at radius 1 is 1.12 bits per heavy atom. The zero-order valence-corrected chi connectivity index (χ0v) is 11.8. The van der Waals surface area contributed by atoms with Crippen molar-refractivity contribution >= 4 is 0 Å². The van der Waals surface area contributed by atoms with Crippen LogP contribution in [0.15, 0.2) is 0 Å². The number of rotatable bonds is 6. The van der Waals surface area contributed by atoms with Gasteiger partial charge in [-0.1, -0.05) is 47.0 Å². The van der Waals surface area contributed by atoms with Crippen molar-refractivity contribution in [2.75, 3.05) is 13.1 Å². The highest BCUT2D eigenvalue weighted by atomic mass is 14.8. The lowest BCUT2D eigenvalue weighted by atomic mass is 9.67. The lowest BCUT2D eigenvalue weighted by molar-refractivity contribution is 0.119. The van der Waals surface area contributed by atoms with Crippen LogP contribution in [0.25, 0.3) is 0 Å². The van der Waals surface area contributed by atoms with E-state index >= 15 is 0 Å². The standard InChI is InChI=1S/C15H31N/c1-5-13(6-2)15-10-12(4)8-9-14(15)11-16-7-3/h12-16H,5-11H2,1-4H3. The molecule has 0 radical (unpaired) electrons. The molecule has 0 aromatic heterocycles. The molecule has 0 aromatic rings. The molecule has 96 valence electrons. The molecule has 0 aliphatic heterocycles. The number of nitrogens with one attached hydrogen (secondary N) is 1. The van der Waals surface area contributed by atoms with E-state index in [1.807, 2.05) is 0 Å². The van der Waals surface area contributed by atoms with E-state index in [9.17, 15) is 0 Å². The first-order chi connectivity index (χ1) is 7.72. The third kappa shape index (κ3) is 3.76. The smallest absolute Gasteiger partial charge is 0.00179 e. The minimum Gasteiger partial charge on any atom is -0.317 e. The first kappa shape index (κ1) is 14.0. The van der Waals surface area contributed by atoms with Gasteiger partial charge in [0, 0.05) is 0 Å². The predicted octanol–water partition coefficient (Wildman–Crippen LogP) is 4.08. The summed E-state index contributed by atoms with van der Waals surface area (Å²) in [7, 11) is 0. The van der Waals surface area contributed by atoms with E-state index in [1.165, 1.54) is 38.6 Å². The van der Waals surface area contributed by atoms with Crippen molar-refractivity contribution in [3.63, 3.8) is 0 Å². The molecule has 0 spiro atoms. The van der Waals surface area contributed by atoms with Crippen molar-refractivity contribution in [3.05, 3.63) is 0 Å². The van der Waals surface area contributed by atoms with Gasteiger partial charge in [-0.3, -0.25) is 0 Å². The molecule has 16 heavy (non-hydrogen) atoms. The molecule has 1 N–H and O–H groups in total. The van der Waals surface area contributed by atoms with Gasteiger partial charge in [0.05, 0.1) is 0 Å². The van der Waals surface area contributed by atoms with Crippen LogP contribution in [0.3, 0.4) is 0 Å². The molecule has 1 saturated carbocycles. The second-order valence-corrected chi connectivity index (χ2v) is 5.73. The first-order valence-electron chi connectivity index (χ1n) is 7.43. The van der Waals surface area contributed by atoms with Gasteiger partial charge < -0.3 is 5.32 Å². The summed E-state index contributed by atoms with van der Waals surface area (Å²) < 4.78 is 0. The fraction of sp³-hybridized carbons (Fsp3) is 1.00. The summed E-state index contributed by atoms with van der Waals surface area (Å²) in [5.74, 6) is 3.86. The van der Waals surface area contributed by atoms with Crippen molar-refractivity contribution in [2.24, 2.45) is 23.7 Å². The van der Waals surface area contributed by atoms with E-state index in [4.69, 9.17) is 0 Å². The Morgan fingerprint density at radius 2 is 1.81 bits per heavy atom. The Kier molecular flexibility index (Phi) is 6.41. The Bertz CT molecular complexity index is 172. The maximum atomic E-state index is 3.57. The minimum atomic E-state index is 0.945. The zero-order chi connectivity index (χ0) is 12.0. The quantitative estimate of drug-likeness (QED) is 0.718. The van der Waals surface area contributed by atoms with Gasteiger partial charge in [0.2, 0.25) is 0 Å². The fourth-order valence-corrected chi connectivity index (χ4v) is 3.54. The molecule has 0 amide bonds. The summed E-state index contributed by atoms with van der Waals surface area (Å²) in [5, 5.41) is 3.57. The van der Waals surface area contributed by atoms with E-state index in [0.29, 0.717) is 0 Å². The Morgan fingerprint density at radius 3 is 2.38 bits per heavy atom. The normalized spacial score (nSPS) is 30.9. The molecule has 1 rings (SSSR count). The van der Waals surface area contributed by atoms with Gasteiger partial charge in [-0.25, -0.2) is 0 Å². The van der Waals surface area contributed by atoms with Crippen LogP contribution in [-0.4, -0.2) is 13.1 Å². The largest absolute Gasteiger partial charge is 0.317 e. The Hall–Kier alpha value is -0.0400. The molecular weight excluding hydrogens is 194 g/mol. The van der Waals surface area contributed by atoms with Gasteiger partial charge in [-0.15, -0.1) is 0 Å². The molecule has 0 saturated heterocycles. The maximum Gasteiger partial charge on any atom is -0.00179 e. The minimum absolute atomic E-state index is 0.945. The molecule has 0 aromatic carbocycles. The first-order valence-corrected chi connectivity index (χ1v) is 7.43. The predicted molar refractivity (Wildman–Crippen MR) is 72.6 cm³/mol. The maximum absolute atomic E-state index is 3.57. The van der Waals surface area contributed by atoms with Crippen LogP contribution in [0.4, 0.5) is 0 Å². The van der Waals surface area contributed by atoms with Crippen molar-refractivity contribution in [1.29, 1.82) is 0 Å². The van der Waals surface area contributed by atoms with Crippen molar-refractivity contribution in [2.45, 2.75) is 59.8 Å². The molecule has 1 heteroatoms. The second-order valence-electron chi connectivity index (χ2n) is 5.73. The van der Waals surface area contributed by atoms with Crippen LogP contribution in [-0.2, 0) is 0 Å². The third-order valence-electron chi connectivity index (χ3n) is 4.62. The summed E-state index contributed by atoms with van der Waals surface area (Å²) in [5.41, 5.74) is 0. The highest BCUT2D eigenvalue weighted by Crippen LogP contribution is 2.40. The molecule has 3 unspecified atom stereocenters. The number of hydrogen-bond donors (Lipinski definition) is 1. The highest BCUT2D eigenvalue weighted by Gasteiger charge is 2.32. The average Bonchev–Trinajstić information content (AvgIpc) is 2.30. The molecule has 0 bridgehead atoms. The summed E-state index contributed by atoms with van der Waals surface area (Å²) in [4.78, 5) is 0. The topological polar surface area (TPSA) is 12.0 Å². The molecule has 1 fully saturated rings. The molecule has 1 aliphatic carbocycles. The molecule has 1 nitrogen and oxygen atoms in total. The van der Waals surface area contributed by atoms with Gasteiger partial charge >= 0.3 is 0 Å². The van der Waals surface area contributed by atoms with Crippen LogP contribution >= 0.6 is 0 Å². The van der Waals surface area contributed by atoms with Crippen molar-refractivity contribution in [1.82, 2.24) is 5.32 Å². The van der Waals surface area contributed by atoms with E-state index in [0.717, 1.165) is 30.2 Å². The molecule has 3 atom stereocenters. The van der Waals surface area contributed by atoms with E-state index in [1.54, 1.807) is 0 Å². The van der Waals surface area contributed by atoms with Crippen LogP contribution in [0.1, 0.15) is 59.8 Å². The zero-order valence-electron chi connectivity index (χ0n) is 11.8. The van der Waals surface area contributed by atoms with Gasteiger partial charge in [0.1, 0.15) is 0 Å². The SMILES string of the molecule is CCNCC1CCC(C)CC1C(CC)CC. The van der Waals surface area contributed by atoms with E-state index in [-0.39, 0.29) is 0 Å². The Balaban J connectivity index is 2.56. The van der Waals surface area contributed by atoms with Gasteiger partial charge in [-0.2, -0.15) is 0 Å². The highest BCUT2D eigenvalue weighted by molar-refractivity contribution is 4.83. The van der Waals surface area contributed by atoms with Crippen LogP contribution < -0.4 is 5.32 Å². The second kappa shape index (κ2) is 7.32. The molecular formula is C15H31N. The average molecular weight is 225 g/mol. The lowest BCUT2D eigenvalue weighted by Crippen LogP contribution is -2.36. The summed E-state index contributed by atoms with van der Waals surface area (Å²) in [6.07, 6.45) is 7.12. The van der Waals surface area contributed by atoms with E-state index < -0.39 is 0 Å². The summed E-state index contributed by atoms with van der Waals surface area (Å²) >= 11 is 0. The van der Waals surface area contributed by atoms with Crippen LogP contribution in [0.5, 0.6) is 0 Å². The Labute approximate surface area is 102 Å². The van der Waals surface area contributed by atoms with Crippen molar-refractivity contribution in [3.8, 4) is 0 Å².